The van der Waals surface area contributed by atoms with E-state index in [-0.39, 0.29) is 12.3 Å². The Labute approximate surface area is 275 Å². The first-order chi connectivity index (χ1) is 23.8. The molecule has 3 aromatic heterocycles. The Morgan fingerprint density at radius 2 is 1.25 bits per heavy atom. The van der Waals surface area contributed by atoms with Crippen molar-refractivity contribution in [2.45, 2.75) is 12.3 Å². The molecule has 2 unspecified atom stereocenters. The van der Waals surface area contributed by atoms with Gasteiger partial charge in [0.1, 0.15) is 40.4 Å². The maximum Gasteiger partial charge on any atom is 0.153 e. The van der Waals surface area contributed by atoms with E-state index in [9.17, 15) is 0 Å². The Morgan fingerprint density at radius 1 is 0.542 bits per heavy atom. The molecule has 0 aliphatic carbocycles. The maximum atomic E-state index is 6.68. The molecule has 4 heterocycles. The third-order valence-electron chi connectivity index (χ3n) is 9.40. The summed E-state index contributed by atoms with van der Waals surface area (Å²) in [6, 6.07) is 48.0. The van der Waals surface area contributed by atoms with E-state index in [0.29, 0.717) is 0 Å². The number of hydrogen-bond donors (Lipinski definition) is 2. The molecule has 0 amide bonds. The molecule has 0 saturated heterocycles. The number of pyridine rings is 1. The molecule has 0 bridgehead atoms. The van der Waals surface area contributed by atoms with Gasteiger partial charge in [-0.05, 0) is 58.3 Å². The van der Waals surface area contributed by atoms with Gasteiger partial charge < -0.3 is 14.2 Å². The summed E-state index contributed by atoms with van der Waals surface area (Å²) < 4.78 is 13.3. The van der Waals surface area contributed by atoms with Crippen molar-refractivity contribution in [3.63, 3.8) is 0 Å². The molecule has 0 spiro atoms. The molecular formula is C42H28N4O2. The third kappa shape index (κ3) is 4.24. The van der Waals surface area contributed by atoms with Gasteiger partial charge in [0.05, 0.1) is 5.39 Å². The molecule has 10 rings (SSSR count). The van der Waals surface area contributed by atoms with E-state index in [1.807, 2.05) is 42.6 Å². The summed E-state index contributed by atoms with van der Waals surface area (Å²) in [5, 5.41) is 12.8. The van der Waals surface area contributed by atoms with Crippen LogP contribution in [-0.4, -0.2) is 10.8 Å². The lowest BCUT2D eigenvalue weighted by Crippen LogP contribution is -2.45. The van der Waals surface area contributed by atoms with Crippen molar-refractivity contribution in [2.75, 3.05) is 0 Å². The van der Waals surface area contributed by atoms with Crippen LogP contribution in [0.15, 0.2) is 160 Å². The fraction of sp³-hybridized carbons (Fsp3) is 0.0476. The van der Waals surface area contributed by atoms with Crippen LogP contribution in [0.2, 0.25) is 0 Å². The molecule has 2 atom stereocenters. The standard InChI is InChI=1S/C42H28N4O2/c1-3-11-25(12-4-1)40-44-41(26-13-5-2-6-14-26)46-42(45-40)32-21-20-31(39-36(32)37-34(47-39)19-10-22-43-37)29-17-9-18-30-33-23-27-15-7-8-16-28(27)24-35(33)48-38(29)30/h1-24,40-41,44H,(H,45,46). The highest BCUT2D eigenvalue weighted by Gasteiger charge is 2.28. The van der Waals surface area contributed by atoms with Crippen LogP contribution < -0.4 is 10.6 Å². The number of benzene rings is 6. The summed E-state index contributed by atoms with van der Waals surface area (Å²) in [7, 11) is 0. The molecule has 1 aliphatic rings. The molecule has 6 aromatic carbocycles. The van der Waals surface area contributed by atoms with E-state index in [0.717, 1.165) is 83.0 Å². The Balaban J connectivity index is 1.20. The lowest BCUT2D eigenvalue weighted by molar-refractivity contribution is 0.409. The number of fused-ring (bicyclic) bond motifs is 7. The van der Waals surface area contributed by atoms with E-state index in [1.54, 1.807) is 0 Å². The second kappa shape index (κ2) is 10.7. The molecule has 0 saturated carbocycles. The van der Waals surface area contributed by atoms with Crippen molar-refractivity contribution in [1.29, 1.82) is 0 Å². The zero-order chi connectivity index (χ0) is 31.6. The van der Waals surface area contributed by atoms with Crippen molar-refractivity contribution in [3.05, 3.63) is 162 Å². The Kier molecular flexibility index (Phi) is 5.98. The van der Waals surface area contributed by atoms with E-state index >= 15 is 0 Å². The van der Waals surface area contributed by atoms with Crippen LogP contribution in [0.1, 0.15) is 29.0 Å². The second-order valence-electron chi connectivity index (χ2n) is 12.2. The first kappa shape index (κ1) is 26.9. The topological polar surface area (TPSA) is 75.6 Å². The summed E-state index contributed by atoms with van der Waals surface area (Å²) in [4.78, 5) is 10.1. The minimum absolute atomic E-state index is 0.162. The van der Waals surface area contributed by atoms with Gasteiger partial charge in [-0.1, -0.05) is 103 Å². The molecule has 228 valence electrons. The van der Waals surface area contributed by atoms with Crippen molar-refractivity contribution in [2.24, 2.45) is 4.99 Å². The number of nitrogens with zero attached hydrogens (tertiary/aromatic N) is 2. The van der Waals surface area contributed by atoms with Crippen molar-refractivity contribution in [1.82, 2.24) is 15.6 Å². The van der Waals surface area contributed by atoms with Gasteiger partial charge in [-0.3, -0.25) is 10.3 Å². The van der Waals surface area contributed by atoms with Crippen LogP contribution in [0.5, 0.6) is 0 Å². The van der Waals surface area contributed by atoms with Gasteiger partial charge in [0.25, 0.3) is 0 Å². The molecule has 1 aliphatic heterocycles. The molecule has 6 heteroatoms. The second-order valence-corrected chi connectivity index (χ2v) is 12.2. The molecule has 0 fully saturated rings. The fourth-order valence-corrected chi connectivity index (χ4v) is 7.12. The largest absolute Gasteiger partial charge is 0.455 e. The van der Waals surface area contributed by atoms with Crippen LogP contribution >= 0.6 is 0 Å². The fourth-order valence-electron chi connectivity index (χ4n) is 7.12. The first-order valence-electron chi connectivity index (χ1n) is 16.1. The third-order valence-corrected chi connectivity index (χ3v) is 9.40. The number of aliphatic imine (C=N–C) groups is 1. The molecule has 6 nitrogen and oxygen atoms in total. The average molecular weight is 621 g/mol. The monoisotopic (exact) mass is 620 g/mol. The summed E-state index contributed by atoms with van der Waals surface area (Å²) in [6.45, 7) is 0. The summed E-state index contributed by atoms with van der Waals surface area (Å²) >= 11 is 0. The number of para-hydroxylation sites is 1. The minimum Gasteiger partial charge on any atom is -0.455 e. The number of furan rings is 2. The SMILES string of the molecule is c1ccc(C2N=C(c3ccc(-c4cccc5c4oc4cc6ccccc6cc45)c4oc5cccnc5c34)NC(c3ccccc3)N2)cc1. The molecule has 9 aromatic rings. The predicted octanol–water partition coefficient (Wildman–Crippen LogP) is 10.0. The normalized spacial score (nSPS) is 16.5. The summed E-state index contributed by atoms with van der Waals surface area (Å²) in [5.74, 6) is 0.773. The van der Waals surface area contributed by atoms with Crippen LogP contribution in [0.25, 0.3) is 65.9 Å². The summed E-state index contributed by atoms with van der Waals surface area (Å²) in [6.07, 6.45) is 1.40. The van der Waals surface area contributed by atoms with Gasteiger partial charge in [-0.15, -0.1) is 0 Å². The van der Waals surface area contributed by atoms with Gasteiger partial charge in [0, 0.05) is 33.7 Å². The van der Waals surface area contributed by atoms with Crippen molar-refractivity contribution < 1.29 is 8.83 Å². The van der Waals surface area contributed by atoms with Gasteiger partial charge >= 0.3 is 0 Å². The molecule has 0 radical (unpaired) electrons. The van der Waals surface area contributed by atoms with Crippen molar-refractivity contribution >= 4 is 60.6 Å². The zero-order valence-corrected chi connectivity index (χ0v) is 25.7. The number of amidine groups is 1. The number of hydrogen-bond acceptors (Lipinski definition) is 6. The predicted molar refractivity (Wildman–Crippen MR) is 193 cm³/mol. The number of rotatable bonds is 4. The zero-order valence-electron chi connectivity index (χ0n) is 25.7. The lowest BCUT2D eigenvalue weighted by atomic mass is 9.96. The van der Waals surface area contributed by atoms with Crippen LogP contribution in [0, 0.1) is 0 Å². The van der Waals surface area contributed by atoms with Gasteiger partial charge in [-0.2, -0.15) is 0 Å². The van der Waals surface area contributed by atoms with Crippen molar-refractivity contribution in [3.8, 4) is 11.1 Å². The maximum absolute atomic E-state index is 6.68. The smallest absolute Gasteiger partial charge is 0.153 e. The quantitative estimate of drug-likeness (QED) is 0.205. The molecule has 2 N–H and O–H groups in total. The molecular weight excluding hydrogens is 592 g/mol. The first-order valence-corrected chi connectivity index (χ1v) is 16.1. The summed E-state index contributed by atoms with van der Waals surface area (Å²) in [5.41, 5.74) is 9.00. The Bertz CT molecular complexity index is 2690. The Hall–Kier alpha value is -6.24. The average Bonchev–Trinajstić information content (AvgIpc) is 3.73. The van der Waals surface area contributed by atoms with E-state index in [4.69, 9.17) is 18.8 Å². The van der Waals surface area contributed by atoms with Gasteiger partial charge in [-0.25, -0.2) is 4.99 Å². The van der Waals surface area contributed by atoms with Crippen LogP contribution in [0.3, 0.4) is 0 Å². The highest BCUT2D eigenvalue weighted by Crippen LogP contribution is 2.43. The molecule has 48 heavy (non-hydrogen) atoms. The minimum atomic E-state index is -0.256. The lowest BCUT2D eigenvalue weighted by Gasteiger charge is -2.32. The number of aromatic nitrogens is 1. The van der Waals surface area contributed by atoms with Crippen LogP contribution in [-0.2, 0) is 0 Å². The highest BCUT2D eigenvalue weighted by atomic mass is 16.3. The van der Waals surface area contributed by atoms with E-state index in [2.05, 4.69) is 114 Å². The Morgan fingerprint density at radius 3 is 2.08 bits per heavy atom. The van der Waals surface area contributed by atoms with Crippen LogP contribution in [0.4, 0.5) is 0 Å². The van der Waals surface area contributed by atoms with Gasteiger partial charge in [0.15, 0.2) is 5.58 Å². The highest BCUT2D eigenvalue weighted by molar-refractivity contribution is 6.21. The van der Waals surface area contributed by atoms with Gasteiger partial charge in [0.2, 0.25) is 0 Å². The number of nitrogens with one attached hydrogen (secondary N) is 2. The van der Waals surface area contributed by atoms with E-state index in [1.165, 1.54) is 5.39 Å². The van der Waals surface area contributed by atoms with E-state index < -0.39 is 0 Å².